The van der Waals surface area contributed by atoms with Gasteiger partial charge in [0.25, 0.3) is 0 Å². The van der Waals surface area contributed by atoms with E-state index in [1.165, 1.54) is 14.2 Å². The number of rotatable bonds is 21. The van der Waals surface area contributed by atoms with Gasteiger partial charge < -0.3 is 39.1 Å². The minimum atomic E-state index is -0.716. The van der Waals surface area contributed by atoms with Gasteiger partial charge in [-0.2, -0.15) is 0 Å². The number of hydrogen-bond donors (Lipinski definition) is 2. The number of ether oxygens (including phenoxy) is 6. The van der Waals surface area contributed by atoms with Crippen LogP contribution in [0.3, 0.4) is 0 Å². The van der Waals surface area contributed by atoms with Crippen LogP contribution in [-0.4, -0.2) is 87.7 Å². The van der Waals surface area contributed by atoms with Gasteiger partial charge in [0.05, 0.1) is 62.7 Å². The molecule has 2 atom stereocenters. The Hall–Kier alpha value is -6.64. The van der Waals surface area contributed by atoms with Gasteiger partial charge in [-0.15, -0.1) is 0 Å². The van der Waals surface area contributed by atoms with Crippen molar-refractivity contribution in [1.82, 2.24) is 20.4 Å². The summed E-state index contributed by atoms with van der Waals surface area (Å²) in [4.78, 5) is 56.7. The molecule has 4 aromatic rings. The highest BCUT2D eigenvalue weighted by atomic mass is 16.6. The molecule has 2 aliphatic heterocycles. The first-order chi connectivity index (χ1) is 30.2. The van der Waals surface area contributed by atoms with Crippen LogP contribution in [0.5, 0.6) is 11.5 Å². The molecule has 14 nitrogen and oxygen atoms in total. The molecule has 2 heterocycles. The summed E-state index contributed by atoms with van der Waals surface area (Å²) >= 11 is 0. The standard InChI is InChI=1S/C48H54N4O10/c1-33-41(45(53)61-29-27-57-3)43(49-47(55)51(33)31-35-13-7-5-8-14-35)37-17-21-39(22-18-37)59-25-11-12-26-60-40-23-19-38(20-24-40)44-42(46(54)62-30-28-58-4)34(2)52(48(56)50-44)32-36-15-9-6-10-16-36/h5-10,13-24,43-44H,11-12,25-32H2,1-4H3,(H,49,55)(H,50,56). The number of nitrogens with zero attached hydrogens (tertiary/aromatic N) is 2. The van der Waals surface area contributed by atoms with Crippen molar-refractivity contribution in [3.8, 4) is 11.5 Å². The van der Waals surface area contributed by atoms with E-state index in [0.717, 1.165) is 24.0 Å². The van der Waals surface area contributed by atoms with Crippen LogP contribution in [0.1, 0.15) is 61.0 Å². The lowest BCUT2D eigenvalue weighted by molar-refractivity contribution is -0.141. The molecule has 14 heteroatoms. The number of allylic oxidation sites excluding steroid dienone is 2. The van der Waals surface area contributed by atoms with Gasteiger partial charge in [0.1, 0.15) is 24.7 Å². The molecule has 2 unspecified atom stereocenters. The normalized spacial score (nSPS) is 16.5. The van der Waals surface area contributed by atoms with Crippen molar-refractivity contribution in [2.24, 2.45) is 0 Å². The van der Waals surface area contributed by atoms with Crippen LogP contribution >= 0.6 is 0 Å². The number of urea groups is 2. The lowest BCUT2D eigenvalue weighted by Crippen LogP contribution is -2.47. The Morgan fingerprint density at radius 3 is 1.24 bits per heavy atom. The van der Waals surface area contributed by atoms with Crippen LogP contribution in [0.15, 0.2) is 132 Å². The SMILES string of the molecule is COCCOC(=O)C1=C(C)N(Cc2ccccc2)C(=O)NC1c1ccc(OCCCCOc2ccc(C3NC(=O)N(Cc4ccccc4)C(C)=C3C(=O)OCCOC)cc2)cc1. The van der Waals surface area contributed by atoms with Crippen LogP contribution in [0.4, 0.5) is 9.59 Å². The monoisotopic (exact) mass is 846 g/mol. The highest BCUT2D eigenvalue weighted by Gasteiger charge is 2.38. The Morgan fingerprint density at radius 2 is 0.887 bits per heavy atom. The minimum absolute atomic E-state index is 0.0835. The molecule has 4 amide bonds. The van der Waals surface area contributed by atoms with Gasteiger partial charge in [-0.1, -0.05) is 84.9 Å². The van der Waals surface area contributed by atoms with Gasteiger partial charge in [-0.3, -0.25) is 9.80 Å². The van der Waals surface area contributed by atoms with Gasteiger partial charge in [0.2, 0.25) is 0 Å². The second kappa shape index (κ2) is 22.3. The van der Waals surface area contributed by atoms with Crippen molar-refractivity contribution >= 4 is 24.0 Å². The van der Waals surface area contributed by atoms with Gasteiger partial charge >= 0.3 is 24.0 Å². The summed E-state index contributed by atoms with van der Waals surface area (Å²) in [5.74, 6) is 0.240. The number of hydrogen-bond acceptors (Lipinski definition) is 10. The van der Waals surface area contributed by atoms with E-state index in [-0.39, 0.29) is 38.5 Å². The largest absolute Gasteiger partial charge is 0.494 e. The predicted octanol–water partition coefficient (Wildman–Crippen LogP) is 7.38. The van der Waals surface area contributed by atoms with Crippen molar-refractivity contribution in [2.45, 2.75) is 51.9 Å². The van der Waals surface area contributed by atoms with Crippen LogP contribution in [0, 0.1) is 0 Å². The van der Waals surface area contributed by atoms with Gasteiger partial charge in [0, 0.05) is 25.6 Å². The maximum Gasteiger partial charge on any atom is 0.338 e. The Kier molecular flexibility index (Phi) is 16.1. The van der Waals surface area contributed by atoms with Crippen molar-refractivity contribution in [2.75, 3.05) is 53.9 Å². The van der Waals surface area contributed by atoms with Gasteiger partial charge in [-0.25, -0.2) is 19.2 Å². The second-order valence-electron chi connectivity index (χ2n) is 14.7. The fraction of sp³-hybridized carbons (Fsp3) is 0.333. The number of nitrogens with one attached hydrogen (secondary N) is 2. The Balaban J connectivity index is 1.02. The summed E-state index contributed by atoms with van der Waals surface area (Å²) in [6.45, 7) is 5.69. The lowest BCUT2D eigenvalue weighted by atomic mass is 9.94. The summed E-state index contributed by atoms with van der Waals surface area (Å²) in [6.07, 6.45) is 1.45. The van der Waals surface area contributed by atoms with E-state index in [4.69, 9.17) is 28.4 Å². The summed E-state index contributed by atoms with van der Waals surface area (Å²) < 4.78 is 33.2. The average Bonchev–Trinajstić information content (AvgIpc) is 3.28. The third-order valence-electron chi connectivity index (χ3n) is 10.5. The zero-order chi connectivity index (χ0) is 43.8. The van der Waals surface area contributed by atoms with E-state index >= 15 is 0 Å². The number of amides is 4. The molecule has 0 spiro atoms. The number of carbonyl (C=O) groups is 4. The van der Waals surface area contributed by atoms with Crippen molar-refractivity contribution < 1.29 is 47.6 Å². The zero-order valence-corrected chi connectivity index (χ0v) is 35.6. The fourth-order valence-corrected chi connectivity index (χ4v) is 7.19. The van der Waals surface area contributed by atoms with Crippen LogP contribution < -0.4 is 20.1 Å². The molecule has 2 aliphatic rings. The number of carbonyl (C=O) groups excluding carboxylic acids is 4. The molecule has 0 saturated heterocycles. The van der Waals surface area contributed by atoms with Crippen LogP contribution in [0.25, 0.3) is 0 Å². The van der Waals surface area contributed by atoms with E-state index in [0.29, 0.717) is 71.5 Å². The highest BCUT2D eigenvalue weighted by Crippen LogP contribution is 2.35. The second-order valence-corrected chi connectivity index (χ2v) is 14.7. The van der Waals surface area contributed by atoms with Crippen molar-refractivity contribution in [3.05, 3.63) is 154 Å². The highest BCUT2D eigenvalue weighted by molar-refractivity contribution is 5.96. The van der Waals surface area contributed by atoms with E-state index in [1.807, 2.05) is 109 Å². The molecule has 0 saturated carbocycles. The Labute approximate surface area is 362 Å². The summed E-state index contributed by atoms with van der Waals surface area (Å²) in [6, 6.07) is 31.7. The topological polar surface area (TPSA) is 154 Å². The Bertz CT molecular complexity index is 2040. The number of benzene rings is 4. The quantitative estimate of drug-likeness (QED) is 0.0642. The first-order valence-electron chi connectivity index (χ1n) is 20.6. The molecule has 62 heavy (non-hydrogen) atoms. The van der Waals surface area contributed by atoms with Crippen molar-refractivity contribution in [3.63, 3.8) is 0 Å². The number of unbranched alkanes of at least 4 members (excludes halogenated alkanes) is 1. The lowest BCUT2D eigenvalue weighted by Gasteiger charge is -2.35. The van der Waals surface area contributed by atoms with E-state index < -0.39 is 24.0 Å². The molecule has 2 N–H and O–H groups in total. The zero-order valence-electron chi connectivity index (χ0n) is 35.6. The molecule has 0 bridgehead atoms. The molecule has 6 rings (SSSR count). The van der Waals surface area contributed by atoms with E-state index in [9.17, 15) is 19.2 Å². The van der Waals surface area contributed by atoms with Crippen LogP contribution in [0.2, 0.25) is 0 Å². The third-order valence-corrected chi connectivity index (χ3v) is 10.5. The van der Waals surface area contributed by atoms with E-state index in [1.54, 1.807) is 23.6 Å². The summed E-state index contributed by atoms with van der Waals surface area (Å²) in [5, 5.41) is 6.00. The molecule has 326 valence electrons. The smallest absolute Gasteiger partial charge is 0.338 e. The Morgan fingerprint density at radius 1 is 0.516 bits per heavy atom. The molecule has 0 aliphatic carbocycles. The van der Waals surface area contributed by atoms with Crippen LogP contribution in [-0.2, 0) is 41.6 Å². The molecule has 0 radical (unpaired) electrons. The molecule has 0 aromatic heterocycles. The predicted molar refractivity (Wildman–Crippen MR) is 231 cm³/mol. The maximum absolute atomic E-state index is 13.4. The molecular formula is C48H54N4O10. The fourth-order valence-electron chi connectivity index (χ4n) is 7.19. The van der Waals surface area contributed by atoms with Gasteiger partial charge in [-0.05, 0) is 73.2 Å². The van der Waals surface area contributed by atoms with Crippen molar-refractivity contribution in [1.29, 1.82) is 0 Å². The summed E-state index contributed by atoms with van der Waals surface area (Å²) in [7, 11) is 3.07. The molecular weight excluding hydrogens is 793 g/mol. The summed E-state index contributed by atoms with van der Waals surface area (Å²) in [5.41, 5.74) is 5.01. The third kappa shape index (κ3) is 11.6. The number of esters is 2. The average molecular weight is 847 g/mol. The molecule has 4 aromatic carbocycles. The number of methoxy groups -OCH3 is 2. The first kappa shape index (κ1) is 44.9. The maximum atomic E-state index is 13.4. The minimum Gasteiger partial charge on any atom is -0.494 e. The van der Waals surface area contributed by atoms with Gasteiger partial charge in [0.15, 0.2) is 0 Å². The molecule has 0 fully saturated rings. The van der Waals surface area contributed by atoms with E-state index in [2.05, 4.69) is 10.6 Å². The first-order valence-corrected chi connectivity index (χ1v) is 20.6.